The van der Waals surface area contributed by atoms with Gasteiger partial charge in [-0.25, -0.2) is 14.6 Å². The number of carboxylic acids is 1. The summed E-state index contributed by atoms with van der Waals surface area (Å²) in [5.41, 5.74) is 0.842. The van der Waals surface area contributed by atoms with Crippen LogP contribution in [0.15, 0.2) is 49.1 Å². The van der Waals surface area contributed by atoms with Crippen LogP contribution in [0.25, 0.3) is 0 Å². The Morgan fingerprint density at radius 1 is 1.25 bits per heavy atom. The second-order valence-electron chi connectivity index (χ2n) is 5.00. The monoisotopic (exact) mass is 331 g/mol. The number of nitrogens with one attached hydrogen (secondary N) is 1. The van der Waals surface area contributed by atoms with Gasteiger partial charge in [-0.05, 0) is 12.0 Å². The largest absolute Gasteiger partial charge is 0.480 e. The van der Waals surface area contributed by atoms with Gasteiger partial charge in [-0.2, -0.15) is 0 Å². The van der Waals surface area contributed by atoms with Crippen molar-refractivity contribution >= 4 is 18.0 Å². The minimum absolute atomic E-state index is 0.0661. The molecule has 1 atom stereocenters. The zero-order chi connectivity index (χ0) is 17.4. The van der Waals surface area contributed by atoms with E-state index in [0.29, 0.717) is 0 Å². The molecule has 2 aromatic rings. The van der Waals surface area contributed by atoms with Gasteiger partial charge in [0.2, 0.25) is 0 Å². The third-order valence-electron chi connectivity index (χ3n) is 3.21. The average molecular weight is 331 g/mol. The Bertz CT molecular complexity index is 685. The van der Waals surface area contributed by atoms with Crippen LogP contribution in [-0.2, 0) is 20.9 Å². The SMILES string of the molecule is O=C(CCC(NC(=O)n1ccnc1)C(=O)O)OCc1ccccc1. The number of amides is 1. The number of rotatable bonds is 7. The fraction of sp³-hybridized carbons (Fsp3) is 0.250. The van der Waals surface area contributed by atoms with Crippen LogP contribution in [-0.4, -0.2) is 38.7 Å². The number of carbonyl (C=O) groups excluding carboxylic acids is 2. The lowest BCUT2D eigenvalue weighted by Crippen LogP contribution is -2.42. The molecule has 0 radical (unpaired) electrons. The number of hydrogen-bond acceptors (Lipinski definition) is 5. The molecule has 0 fully saturated rings. The summed E-state index contributed by atoms with van der Waals surface area (Å²) in [6.45, 7) is 0.124. The van der Waals surface area contributed by atoms with Gasteiger partial charge in [0, 0.05) is 18.8 Å². The summed E-state index contributed by atoms with van der Waals surface area (Å²) in [5.74, 6) is -1.75. The molecule has 2 rings (SSSR count). The predicted molar refractivity (Wildman–Crippen MR) is 83.1 cm³/mol. The van der Waals surface area contributed by atoms with E-state index < -0.39 is 24.0 Å². The standard InChI is InChI=1S/C16H17N3O5/c20-14(24-10-12-4-2-1-3-5-12)7-6-13(15(21)22)18-16(23)19-9-8-17-11-19/h1-5,8-9,11,13H,6-7,10H2,(H,18,23)(H,21,22). The van der Waals surface area contributed by atoms with Crippen molar-refractivity contribution in [1.29, 1.82) is 0 Å². The van der Waals surface area contributed by atoms with Gasteiger partial charge in [-0.1, -0.05) is 30.3 Å². The minimum Gasteiger partial charge on any atom is -0.480 e. The predicted octanol–water partition coefficient (Wildman–Crippen LogP) is 1.42. The molecule has 1 amide bonds. The molecule has 0 bridgehead atoms. The molecule has 8 heteroatoms. The van der Waals surface area contributed by atoms with E-state index in [1.54, 1.807) is 0 Å². The summed E-state index contributed by atoms with van der Waals surface area (Å²) in [7, 11) is 0. The van der Waals surface area contributed by atoms with Crippen LogP contribution in [0.4, 0.5) is 4.79 Å². The summed E-state index contributed by atoms with van der Waals surface area (Å²) in [4.78, 5) is 38.4. The zero-order valence-corrected chi connectivity index (χ0v) is 12.8. The Morgan fingerprint density at radius 3 is 2.62 bits per heavy atom. The number of benzene rings is 1. The second-order valence-corrected chi connectivity index (χ2v) is 5.00. The van der Waals surface area contributed by atoms with Gasteiger partial charge >= 0.3 is 18.0 Å². The summed E-state index contributed by atoms with van der Waals surface area (Å²) < 4.78 is 6.19. The van der Waals surface area contributed by atoms with E-state index in [0.717, 1.165) is 10.1 Å². The molecule has 0 spiro atoms. The highest BCUT2D eigenvalue weighted by Crippen LogP contribution is 2.05. The maximum Gasteiger partial charge on any atom is 0.327 e. The van der Waals surface area contributed by atoms with Crippen LogP contribution >= 0.6 is 0 Å². The smallest absolute Gasteiger partial charge is 0.327 e. The number of nitrogens with zero attached hydrogens (tertiary/aromatic N) is 2. The van der Waals surface area contributed by atoms with Gasteiger partial charge in [-0.15, -0.1) is 0 Å². The number of carboxylic acid groups (broad SMARTS) is 1. The van der Waals surface area contributed by atoms with Crippen LogP contribution in [0, 0.1) is 0 Å². The molecule has 126 valence electrons. The first kappa shape index (κ1) is 17.2. The number of ether oxygens (including phenoxy) is 1. The van der Waals surface area contributed by atoms with Gasteiger partial charge in [0.1, 0.15) is 19.0 Å². The molecule has 0 aliphatic carbocycles. The molecule has 24 heavy (non-hydrogen) atoms. The third-order valence-corrected chi connectivity index (χ3v) is 3.21. The molecule has 2 N–H and O–H groups in total. The van der Waals surface area contributed by atoms with Crippen LogP contribution in [0.5, 0.6) is 0 Å². The number of hydrogen-bond donors (Lipinski definition) is 2. The van der Waals surface area contributed by atoms with Crippen molar-refractivity contribution in [3.8, 4) is 0 Å². The molecule has 8 nitrogen and oxygen atoms in total. The van der Waals surface area contributed by atoms with Crippen molar-refractivity contribution < 1.29 is 24.2 Å². The molecule has 0 saturated heterocycles. The van der Waals surface area contributed by atoms with Crippen molar-refractivity contribution in [3.63, 3.8) is 0 Å². The minimum atomic E-state index is -1.22. The zero-order valence-electron chi connectivity index (χ0n) is 12.8. The van der Waals surface area contributed by atoms with E-state index in [1.807, 2.05) is 30.3 Å². The number of imidazole rings is 1. The van der Waals surface area contributed by atoms with E-state index in [9.17, 15) is 14.4 Å². The molecule has 1 aromatic carbocycles. The Balaban J connectivity index is 1.79. The fourth-order valence-corrected chi connectivity index (χ4v) is 1.93. The lowest BCUT2D eigenvalue weighted by Gasteiger charge is -2.14. The van der Waals surface area contributed by atoms with E-state index >= 15 is 0 Å². The molecule has 1 unspecified atom stereocenters. The Labute approximate surface area is 138 Å². The molecule has 0 aliphatic rings. The van der Waals surface area contributed by atoms with Crippen molar-refractivity contribution in [2.75, 3.05) is 0 Å². The molecule has 1 aromatic heterocycles. The Kier molecular flexibility index (Phi) is 6.07. The van der Waals surface area contributed by atoms with Gasteiger partial charge in [-0.3, -0.25) is 9.36 Å². The summed E-state index contributed by atoms with van der Waals surface area (Å²) in [6, 6.07) is 7.33. The van der Waals surface area contributed by atoms with Crippen molar-refractivity contribution in [2.45, 2.75) is 25.5 Å². The molecule has 0 saturated carbocycles. The lowest BCUT2D eigenvalue weighted by molar-refractivity contribution is -0.145. The second kappa shape index (κ2) is 8.47. The number of aliphatic carboxylic acids is 1. The van der Waals surface area contributed by atoms with E-state index in [4.69, 9.17) is 9.84 Å². The summed E-state index contributed by atoms with van der Waals surface area (Å²) >= 11 is 0. The van der Waals surface area contributed by atoms with Crippen molar-refractivity contribution in [3.05, 3.63) is 54.6 Å². The third kappa shape index (κ3) is 5.24. The van der Waals surface area contributed by atoms with Crippen LogP contribution in [0.3, 0.4) is 0 Å². The van der Waals surface area contributed by atoms with Crippen molar-refractivity contribution in [1.82, 2.24) is 14.9 Å². The molecular weight excluding hydrogens is 314 g/mol. The number of aromatic nitrogens is 2. The highest BCUT2D eigenvalue weighted by atomic mass is 16.5. The number of carbonyl (C=O) groups is 3. The Morgan fingerprint density at radius 2 is 2.00 bits per heavy atom. The molecule has 1 heterocycles. The number of esters is 1. The quantitative estimate of drug-likeness (QED) is 0.742. The summed E-state index contributed by atoms with van der Waals surface area (Å²) in [6.07, 6.45) is 3.86. The van der Waals surface area contributed by atoms with Crippen molar-refractivity contribution in [2.24, 2.45) is 0 Å². The topological polar surface area (TPSA) is 111 Å². The Hall–Kier alpha value is -3.16. The highest BCUT2D eigenvalue weighted by molar-refractivity contribution is 5.84. The fourth-order valence-electron chi connectivity index (χ4n) is 1.93. The van der Waals surface area contributed by atoms with Gasteiger partial charge in [0.05, 0.1) is 0 Å². The first-order chi connectivity index (χ1) is 11.6. The van der Waals surface area contributed by atoms with Gasteiger partial charge in [0.25, 0.3) is 0 Å². The van der Waals surface area contributed by atoms with Gasteiger partial charge in [0.15, 0.2) is 0 Å². The summed E-state index contributed by atoms with van der Waals surface area (Å²) in [5, 5.41) is 11.5. The average Bonchev–Trinajstić information content (AvgIpc) is 3.12. The molecular formula is C16H17N3O5. The van der Waals surface area contributed by atoms with E-state index in [2.05, 4.69) is 10.3 Å². The lowest BCUT2D eigenvalue weighted by atomic mass is 10.1. The first-order valence-corrected chi connectivity index (χ1v) is 7.27. The van der Waals surface area contributed by atoms with Crippen LogP contribution in [0.2, 0.25) is 0 Å². The van der Waals surface area contributed by atoms with E-state index in [1.165, 1.54) is 18.7 Å². The molecule has 0 aliphatic heterocycles. The first-order valence-electron chi connectivity index (χ1n) is 7.27. The van der Waals surface area contributed by atoms with E-state index in [-0.39, 0.29) is 19.4 Å². The van der Waals surface area contributed by atoms with Crippen LogP contribution < -0.4 is 5.32 Å². The maximum atomic E-state index is 11.8. The normalized spacial score (nSPS) is 11.5. The van der Waals surface area contributed by atoms with Gasteiger partial charge < -0.3 is 15.2 Å². The highest BCUT2D eigenvalue weighted by Gasteiger charge is 2.22. The maximum absolute atomic E-state index is 11.8. The van der Waals surface area contributed by atoms with Crippen LogP contribution in [0.1, 0.15) is 18.4 Å².